The Hall–Kier alpha value is -1.44. The first-order valence-corrected chi connectivity index (χ1v) is 9.46. The van der Waals surface area contributed by atoms with Gasteiger partial charge in [-0.3, -0.25) is 4.79 Å². The summed E-state index contributed by atoms with van der Waals surface area (Å²) in [5.41, 5.74) is -0.0302. The summed E-state index contributed by atoms with van der Waals surface area (Å²) in [4.78, 5) is 12.9. The van der Waals surface area contributed by atoms with Crippen molar-refractivity contribution in [2.24, 2.45) is 5.41 Å². The quantitative estimate of drug-likeness (QED) is 0.765. The second kappa shape index (κ2) is 6.13. The molecule has 1 aromatic carbocycles. The molecular weight excluding hydrogens is 355 g/mol. The molecule has 0 N–H and O–H groups in total. The average molecular weight is 373 g/mol. The highest BCUT2D eigenvalue weighted by Gasteiger charge is 2.47. The Morgan fingerprint density at radius 1 is 1.29 bits per heavy atom. The van der Waals surface area contributed by atoms with Crippen LogP contribution in [0, 0.1) is 11.2 Å². The molecule has 0 unspecified atom stereocenters. The van der Waals surface area contributed by atoms with E-state index in [1.54, 1.807) is 4.90 Å². The molecule has 24 heavy (non-hydrogen) atoms. The number of carbonyl (C=O) groups is 1. The number of amides is 1. The number of carbonyl (C=O) groups excluding carboxylic acids is 1. The zero-order valence-corrected chi connectivity index (χ0v) is 14.6. The second-order valence-corrected chi connectivity index (χ2v) is 8.72. The van der Waals surface area contributed by atoms with Gasteiger partial charge in [0, 0.05) is 36.6 Å². The van der Waals surface area contributed by atoms with Crippen LogP contribution in [0.25, 0.3) is 0 Å². The summed E-state index contributed by atoms with van der Waals surface area (Å²) < 4.78 is 40.5. The van der Waals surface area contributed by atoms with Crippen LogP contribution in [-0.2, 0) is 14.8 Å². The van der Waals surface area contributed by atoms with E-state index in [0.29, 0.717) is 39.0 Å². The predicted molar refractivity (Wildman–Crippen MR) is 88.6 cm³/mol. The Kier molecular flexibility index (Phi) is 4.44. The van der Waals surface area contributed by atoms with E-state index < -0.39 is 15.8 Å². The topological polar surface area (TPSA) is 57.7 Å². The van der Waals surface area contributed by atoms with Crippen LogP contribution in [-0.4, -0.2) is 49.7 Å². The largest absolute Gasteiger partial charge is 0.338 e. The average Bonchev–Trinajstić information content (AvgIpc) is 2.54. The summed E-state index contributed by atoms with van der Waals surface area (Å²) in [6.07, 6.45) is 2.58. The summed E-state index contributed by atoms with van der Waals surface area (Å²) >= 11 is 5.80. The van der Waals surface area contributed by atoms with Gasteiger partial charge in [0.15, 0.2) is 0 Å². The van der Waals surface area contributed by atoms with Gasteiger partial charge in [-0.2, -0.15) is 4.31 Å². The summed E-state index contributed by atoms with van der Waals surface area (Å²) in [5, 5.41) is 0.182. The maximum Gasteiger partial charge on any atom is 0.246 e. The van der Waals surface area contributed by atoms with E-state index in [1.807, 2.05) is 0 Å². The minimum Gasteiger partial charge on any atom is -0.338 e. The van der Waals surface area contributed by atoms with Gasteiger partial charge in [0.2, 0.25) is 15.9 Å². The lowest BCUT2D eigenvalue weighted by molar-refractivity contribution is -0.140. The van der Waals surface area contributed by atoms with Crippen molar-refractivity contribution >= 4 is 27.5 Å². The number of rotatable bonds is 3. The lowest BCUT2D eigenvalue weighted by atomic mass is 9.72. The molecule has 0 radical (unpaired) electrons. The highest BCUT2D eigenvalue weighted by Crippen LogP contribution is 2.41. The number of sulfonamides is 1. The molecule has 2 heterocycles. The van der Waals surface area contributed by atoms with Gasteiger partial charge < -0.3 is 4.90 Å². The molecule has 5 nitrogen and oxygen atoms in total. The maximum absolute atomic E-state index is 13.9. The highest BCUT2D eigenvalue weighted by molar-refractivity contribution is 7.89. The molecule has 2 fully saturated rings. The minimum absolute atomic E-state index is 0.0302. The lowest BCUT2D eigenvalue weighted by Gasteiger charge is -2.53. The van der Waals surface area contributed by atoms with E-state index in [-0.39, 0.29) is 21.2 Å². The first kappa shape index (κ1) is 17.4. The van der Waals surface area contributed by atoms with E-state index in [0.717, 1.165) is 12.1 Å². The number of nitrogens with zero attached hydrogens (tertiary/aromatic N) is 2. The zero-order valence-electron chi connectivity index (χ0n) is 13.0. The SMILES string of the molecule is C=CC(=O)N1CC2(CCN(S(=O)(=O)c3cc(Cl)ccc3F)CC2)C1. The van der Waals surface area contributed by atoms with E-state index in [1.165, 1.54) is 16.4 Å². The van der Waals surface area contributed by atoms with Gasteiger partial charge in [0.1, 0.15) is 10.7 Å². The molecule has 2 saturated heterocycles. The molecule has 1 spiro atoms. The lowest BCUT2D eigenvalue weighted by Crippen LogP contribution is -2.61. The molecule has 2 aliphatic heterocycles. The van der Waals surface area contributed by atoms with Crippen molar-refractivity contribution in [2.45, 2.75) is 17.7 Å². The summed E-state index contributed by atoms with van der Waals surface area (Å²) in [7, 11) is -3.91. The van der Waals surface area contributed by atoms with Crippen LogP contribution in [0.4, 0.5) is 4.39 Å². The van der Waals surface area contributed by atoms with Crippen molar-refractivity contribution in [1.82, 2.24) is 9.21 Å². The van der Waals surface area contributed by atoms with E-state index in [9.17, 15) is 17.6 Å². The molecule has 8 heteroatoms. The number of halogens is 2. The molecule has 0 aromatic heterocycles. The van der Waals surface area contributed by atoms with Crippen molar-refractivity contribution in [1.29, 1.82) is 0 Å². The fourth-order valence-corrected chi connectivity index (χ4v) is 5.15. The zero-order chi connectivity index (χ0) is 17.5. The smallest absolute Gasteiger partial charge is 0.246 e. The molecular formula is C16H18ClFN2O3S. The number of likely N-dealkylation sites (tertiary alicyclic amines) is 1. The number of benzene rings is 1. The van der Waals surface area contributed by atoms with Gasteiger partial charge >= 0.3 is 0 Å². The van der Waals surface area contributed by atoms with Crippen molar-refractivity contribution in [2.75, 3.05) is 26.2 Å². The molecule has 0 atom stereocenters. The van der Waals surface area contributed by atoms with Gasteiger partial charge in [-0.05, 0) is 37.1 Å². The molecule has 2 aliphatic rings. The Labute approximate surface area is 145 Å². The molecule has 3 rings (SSSR count). The van der Waals surface area contributed by atoms with Gasteiger partial charge in [0.25, 0.3) is 0 Å². The van der Waals surface area contributed by atoms with E-state index >= 15 is 0 Å². The first-order chi connectivity index (χ1) is 11.3. The molecule has 0 bridgehead atoms. The first-order valence-electron chi connectivity index (χ1n) is 7.64. The fourth-order valence-electron chi connectivity index (χ4n) is 3.38. The second-order valence-electron chi connectivity index (χ2n) is 6.38. The van der Waals surface area contributed by atoms with Gasteiger partial charge in [-0.15, -0.1) is 0 Å². The molecule has 0 aliphatic carbocycles. The maximum atomic E-state index is 13.9. The van der Waals surface area contributed by atoms with Gasteiger partial charge in [0.05, 0.1) is 0 Å². The number of hydrogen-bond donors (Lipinski definition) is 0. The Balaban J connectivity index is 1.70. The Morgan fingerprint density at radius 2 is 1.92 bits per heavy atom. The third-order valence-electron chi connectivity index (χ3n) is 4.83. The van der Waals surface area contributed by atoms with Gasteiger partial charge in [-0.25, -0.2) is 12.8 Å². The Morgan fingerprint density at radius 3 is 2.50 bits per heavy atom. The molecule has 1 amide bonds. The summed E-state index contributed by atoms with van der Waals surface area (Å²) in [6.45, 7) is 5.33. The Bertz CT molecular complexity index is 781. The normalized spacial score (nSPS) is 20.7. The summed E-state index contributed by atoms with van der Waals surface area (Å²) in [5.74, 6) is -0.900. The molecule has 1 aromatic rings. The monoisotopic (exact) mass is 372 g/mol. The van der Waals surface area contributed by atoms with Crippen LogP contribution in [0.5, 0.6) is 0 Å². The van der Waals surface area contributed by atoms with Crippen LogP contribution < -0.4 is 0 Å². The van der Waals surface area contributed by atoms with Crippen molar-refractivity contribution in [3.05, 3.63) is 41.7 Å². The standard InChI is InChI=1S/C16H18ClFN2O3S/c1-2-15(21)19-10-16(11-19)5-7-20(8-6-16)24(22,23)14-9-12(17)3-4-13(14)18/h2-4,9H,1,5-8,10-11H2. The van der Waals surface area contributed by atoms with Crippen LogP contribution in [0.3, 0.4) is 0 Å². The number of hydrogen-bond acceptors (Lipinski definition) is 3. The van der Waals surface area contributed by atoms with Gasteiger partial charge in [-0.1, -0.05) is 18.2 Å². The van der Waals surface area contributed by atoms with Crippen molar-refractivity contribution < 1.29 is 17.6 Å². The predicted octanol–water partition coefficient (Wildman–Crippen LogP) is 2.28. The van der Waals surface area contributed by atoms with Crippen LogP contribution in [0.15, 0.2) is 35.7 Å². The number of piperidine rings is 1. The van der Waals surface area contributed by atoms with Crippen LogP contribution in [0.2, 0.25) is 5.02 Å². The molecule has 130 valence electrons. The van der Waals surface area contributed by atoms with E-state index in [2.05, 4.69) is 6.58 Å². The molecule has 0 saturated carbocycles. The highest BCUT2D eigenvalue weighted by atomic mass is 35.5. The van der Waals surface area contributed by atoms with Crippen LogP contribution >= 0.6 is 11.6 Å². The minimum atomic E-state index is -3.91. The third-order valence-corrected chi connectivity index (χ3v) is 6.98. The van der Waals surface area contributed by atoms with Crippen LogP contribution in [0.1, 0.15) is 12.8 Å². The van der Waals surface area contributed by atoms with E-state index in [4.69, 9.17) is 11.6 Å². The van der Waals surface area contributed by atoms with Crippen molar-refractivity contribution in [3.8, 4) is 0 Å². The third kappa shape index (κ3) is 2.96. The fraction of sp³-hybridized carbons (Fsp3) is 0.438. The van der Waals surface area contributed by atoms with Crippen molar-refractivity contribution in [3.63, 3.8) is 0 Å². The summed E-state index contributed by atoms with van der Waals surface area (Å²) in [6, 6.07) is 3.52.